The summed E-state index contributed by atoms with van der Waals surface area (Å²) in [5.74, 6) is 0.879. The van der Waals surface area contributed by atoms with Crippen molar-refractivity contribution >= 4 is 17.7 Å². The van der Waals surface area contributed by atoms with Crippen LogP contribution in [0.3, 0.4) is 0 Å². The maximum atomic E-state index is 11.3. The number of benzene rings is 2. The molecule has 5 heteroatoms. The number of carbonyl (C=O) groups is 1. The highest BCUT2D eigenvalue weighted by Crippen LogP contribution is 2.29. The molecule has 2 aromatic carbocycles. The van der Waals surface area contributed by atoms with Crippen LogP contribution < -0.4 is 4.74 Å². The summed E-state index contributed by atoms with van der Waals surface area (Å²) in [6.45, 7) is 5.96. The topological polar surface area (TPSA) is 71.2 Å². The van der Waals surface area contributed by atoms with E-state index in [1.54, 1.807) is 26.3 Å². The number of aliphatic imine (C=N–C) groups is 2. The Labute approximate surface area is 166 Å². The highest BCUT2D eigenvalue weighted by atomic mass is 16.5. The van der Waals surface area contributed by atoms with E-state index >= 15 is 0 Å². The van der Waals surface area contributed by atoms with Gasteiger partial charge in [-0.15, -0.1) is 0 Å². The summed E-state index contributed by atoms with van der Waals surface area (Å²) in [5, 5.41) is 9.68. The quantitative estimate of drug-likeness (QED) is 0.531. The highest BCUT2D eigenvalue weighted by Gasteiger charge is 2.18. The molecule has 148 valence electrons. The molecule has 0 saturated heterocycles. The predicted octanol–water partition coefficient (Wildman–Crippen LogP) is 4.73. The van der Waals surface area contributed by atoms with Gasteiger partial charge in [-0.3, -0.25) is 14.8 Å². The van der Waals surface area contributed by atoms with Crippen LogP contribution in [0.4, 0.5) is 0 Å². The lowest BCUT2D eigenvalue weighted by Crippen LogP contribution is -2.14. The smallest absolute Gasteiger partial charge is 0.164 e. The minimum absolute atomic E-state index is 0.0612. The summed E-state index contributed by atoms with van der Waals surface area (Å²) in [4.78, 5) is 20.2. The summed E-state index contributed by atoms with van der Waals surface area (Å²) in [6.07, 6.45) is 1.59. The molecule has 0 aliphatic carbocycles. The van der Waals surface area contributed by atoms with Crippen LogP contribution in [0.15, 0.2) is 52.4 Å². The molecule has 0 aliphatic heterocycles. The molecule has 28 heavy (non-hydrogen) atoms. The molecule has 2 unspecified atom stereocenters. The number of methoxy groups -OCH3 is 1. The third-order valence-electron chi connectivity index (χ3n) is 4.90. The molecule has 0 aliphatic rings. The van der Waals surface area contributed by atoms with Gasteiger partial charge in [0.15, 0.2) is 6.29 Å². The fraction of sp³-hybridized carbons (Fsp3) is 0.348. The summed E-state index contributed by atoms with van der Waals surface area (Å²) < 4.78 is 5.61. The van der Waals surface area contributed by atoms with Crippen molar-refractivity contribution in [3.63, 3.8) is 0 Å². The van der Waals surface area contributed by atoms with Gasteiger partial charge in [0.05, 0.1) is 18.9 Å². The Balaban J connectivity index is 2.38. The Morgan fingerprint density at radius 1 is 1.21 bits per heavy atom. The molecule has 0 fully saturated rings. The van der Waals surface area contributed by atoms with Crippen LogP contribution in [-0.2, 0) is 4.79 Å². The van der Waals surface area contributed by atoms with Gasteiger partial charge in [-0.05, 0) is 55.7 Å². The first-order valence-corrected chi connectivity index (χ1v) is 9.38. The maximum Gasteiger partial charge on any atom is 0.164 e. The lowest BCUT2D eigenvalue weighted by molar-refractivity contribution is -0.102. The van der Waals surface area contributed by atoms with Crippen molar-refractivity contribution < 1.29 is 14.6 Å². The van der Waals surface area contributed by atoms with Crippen LogP contribution in [0.25, 0.3) is 0 Å². The fourth-order valence-electron chi connectivity index (χ4n) is 3.35. The number of hydrogen-bond acceptors (Lipinski definition) is 5. The van der Waals surface area contributed by atoms with Gasteiger partial charge in [-0.2, -0.15) is 0 Å². The van der Waals surface area contributed by atoms with Gasteiger partial charge in [0.25, 0.3) is 0 Å². The van der Waals surface area contributed by atoms with Gasteiger partial charge in [-0.25, -0.2) is 0 Å². The van der Waals surface area contributed by atoms with Gasteiger partial charge >= 0.3 is 0 Å². The molecule has 2 aromatic rings. The fourth-order valence-corrected chi connectivity index (χ4v) is 3.35. The molecule has 0 bridgehead atoms. The van der Waals surface area contributed by atoms with E-state index in [4.69, 9.17) is 9.73 Å². The first-order valence-electron chi connectivity index (χ1n) is 9.38. The Morgan fingerprint density at radius 2 is 1.96 bits per heavy atom. The lowest BCUT2D eigenvalue weighted by Gasteiger charge is -2.17. The van der Waals surface area contributed by atoms with E-state index in [0.717, 1.165) is 35.1 Å². The minimum Gasteiger partial charge on any atom is -0.508 e. The number of ether oxygens (including phenoxy) is 1. The van der Waals surface area contributed by atoms with Crippen LogP contribution in [0.1, 0.15) is 55.8 Å². The molecule has 0 aromatic heterocycles. The van der Waals surface area contributed by atoms with Crippen molar-refractivity contribution in [3.8, 4) is 11.5 Å². The number of aromatic hydroxyl groups is 1. The van der Waals surface area contributed by atoms with Gasteiger partial charge in [-0.1, -0.05) is 25.1 Å². The van der Waals surface area contributed by atoms with Gasteiger partial charge in [0, 0.05) is 24.2 Å². The van der Waals surface area contributed by atoms with Gasteiger partial charge in [0.1, 0.15) is 11.5 Å². The van der Waals surface area contributed by atoms with E-state index in [2.05, 4.69) is 4.99 Å². The number of phenols is 1. The Morgan fingerprint density at radius 3 is 2.54 bits per heavy atom. The van der Waals surface area contributed by atoms with Gasteiger partial charge in [0.2, 0.25) is 0 Å². The first kappa shape index (κ1) is 21.4. The molecule has 2 atom stereocenters. The van der Waals surface area contributed by atoms with Crippen LogP contribution in [0, 0.1) is 0 Å². The summed E-state index contributed by atoms with van der Waals surface area (Å²) >= 11 is 0. The molecule has 5 nitrogen and oxygen atoms in total. The molecule has 0 amide bonds. The molecule has 2 rings (SSSR count). The zero-order valence-corrected chi connectivity index (χ0v) is 17.1. The van der Waals surface area contributed by atoms with E-state index in [1.807, 2.05) is 51.1 Å². The Hall–Kier alpha value is -2.95. The van der Waals surface area contributed by atoms with Crippen LogP contribution in [0.2, 0.25) is 0 Å². The Bertz CT molecular complexity index is 887. The summed E-state index contributed by atoms with van der Waals surface area (Å²) in [7, 11) is 3.27. The van der Waals surface area contributed by atoms with E-state index in [-0.39, 0.29) is 17.7 Å². The second-order valence-corrected chi connectivity index (χ2v) is 6.67. The van der Waals surface area contributed by atoms with Crippen molar-refractivity contribution in [2.24, 2.45) is 9.98 Å². The molecule has 0 spiro atoms. The Kier molecular flexibility index (Phi) is 7.50. The third-order valence-corrected chi connectivity index (χ3v) is 4.90. The molecular weight excluding hydrogens is 352 g/mol. The minimum atomic E-state index is -0.103. The number of hydrogen-bond donors (Lipinski definition) is 1. The molecule has 0 saturated carbocycles. The molecule has 0 heterocycles. The number of phenolic OH excluding ortho intramolecular Hbond substituents is 1. The largest absolute Gasteiger partial charge is 0.508 e. The van der Waals surface area contributed by atoms with E-state index < -0.39 is 0 Å². The average molecular weight is 380 g/mol. The van der Waals surface area contributed by atoms with Crippen molar-refractivity contribution in [1.29, 1.82) is 0 Å². The maximum absolute atomic E-state index is 11.3. The second kappa shape index (κ2) is 9.83. The van der Waals surface area contributed by atoms with Crippen molar-refractivity contribution in [1.82, 2.24) is 0 Å². The normalized spacial score (nSPS) is 14.5. The van der Waals surface area contributed by atoms with Crippen molar-refractivity contribution in [2.45, 2.75) is 39.2 Å². The number of nitrogens with zero attached hydrogens (tertiary/aromatic N) is 2. The standard InChI is InChI=1S/C23H28N2O3/c1-6-20(22(14-26)24-4)18-10-11-21(23(13-18)28-5)16(3)25-15(2)17-8-7-9-19(27)12-17/h7-15,20,27H,6H2,1-5H3. The molecule has 1 N–H and O–H groups in total. The van der Waals surface area contributed by atoms with Crippen LogP contribution in [-0.4, -0.2) is 37.0 Å². The predicted molar refractivity (Wildman–Crippen MR) is 114 cm³/mol. The number of aldehydes is 1. The summed E-state index contributed by atoms with van der Waals surface area (Å²) in [6, 6.07) is 12.9. The van der Waals surface area contributed by atoms with E-state index in [0.29, 0.717) is 11.5 Å². The summed E-state index contributed by atoms with van der Waals surface area (Å²) in [5.41, 5.74) is 4.20. The van der Waals surface area contributed by atoms with E-state index in [9.17, 15) is 9.90 Å². The molecular formula is C23H28N2O3. The van der Waals surface area contributed by atoms with Crippen LogP contribution >= 0.6 is 0 Å². The second-order valence-electron chi connectivity index (χ2n) is 6.67. The number of rotatable bonds is 8. The van der Waals surface area contributed by atoms with Crippen molar-refractivity contribution in [2.75, 3.05) is 14.2 Å². The SMILES string of the molecule is CCC(C(C=O)=NC)c1ccc(C(C)=NC(C)c2cccc(O)c2)c(OC)c1. The van der Waals surface area contributed by atoms with Gasteiger partial charge < -0.3 is 9.84 Å². The average Bonchev–Trinajstić information content (AvgIpc) is 2.71. The van der Waals surface area contributed by atoms with Crippen molar-refractivity contribution in [3.05, 3.63) is 59.2 Å². The molecule has 0 radical (unpaired) electrons. The highest BCUT2D eigenvalue weighted by molar-refractivity contribution is 6.30. The van der Waals surface area contributed by atoms with Crippen LogP contribution in [0.5, 0.6) is 11.5 Å². The monoisotopic (exact) mass is 380 g/mol. The lowest BCUT2D eigenvalue weighted by atomic mass is 9.90. The zero-order valence-electron chi connectivity index (χ0n) is 17.1. The third kappa shape index (κ3) is 4.85. The first-order chi connectivity index (χ1) is 13.4. The zero-order chi connectivity index (χ0) is 20.7. The number of carbonyl (C=O) groups excluding carboxylic acids is 1. The van der Waals surface area contributed by atoms with E-state index in [1.165, 1.54) is 0 Å².